The van der Waals surface area contributed by atoms with Crippen molar-refractivity contribution in [3.63, 3.8) is 0 Å². The molecule has 1 unspecified atom stereocenters. The van der Waals surface area contributed by atoms with Crippen molar-refractivity contribution in [2.24, 2.45) is 5.92 Å². The lowest BCUT2D eigenvalue weighted by Gasteiger charge is -2.08. The molecule has 0 aromatic heterocycles. The number of carbonyl (C=O) groups excluding carboxylic acids is 2. The van der Waals surface area contributed by atoms with Crippen LogP contribution in [0, 0.1) is 12.8 Å². The maximum Gasteiger partial charge on any atom is 0.306 e. The van der Waals surface area contributed by atoms with Gasteiger partial charge >= 0.3 is 5.97 Å². The first kappa shape index (κ1) is 19.4. The van der Waals surface area contributed by atoms with Gasteiger partial charge in [0.05, 0.1) is 5.92 Å². The summed E-state index contributed by atoms with van der Waals surface area (Å²) in [7, 11) is 0. The summed E-state index contributed by atoms with van der Waals surface area (Å²) < 4.78 is 0. The van der Waals surface area contributed by atoms with E-state index in [2.05, 4.69) is 5.32 Å². The van der Waals surface area contributed by atoms with Gasteiger partial charge in [0.1, 0.15) is 0 Å². The van der Waals surface area contributed by atoms with Crippen molar-refractivity contribution in [3.8, 4) is 0 Å². The third-order valence-corrected chi connectivity index (χ3v) is 4.15. The molecular weight excluding hydrogens is 330 g/mol. The van der Waals surface area contributed by atoms with Crippen LogP contribution in [-0.2, 0) is 16.0 Å². The Hall–Kier alpha value is -2.95. The standard InChI is InChI=1S/C21H23NO4/c1-14-3-7-17(8-4-14)19(23)11-12-20(24)22-18-9-5-16(6-10-18)13-15(2)21(25)26/h3-10,15H,11-13H2,1-2H3,(H,22,24)(H,25,26). The SMILES string of the molecule is Cc1ccc(C(=O)CCC(=O)Nc2ccc(CC(C)C(=O)O)cc2)cc1. The third kappa shape index (κ3) is 5.84. The zero-order valence-corrected chi connectivity index (χ0v) is 15.0. The number of hydrogen-bond acceptors (Lipinski definition) is 3. The lowest BCUT2D eigenvalue weighted by molar-refractivity contribution is -0.141. The second-order valence-electron chi connectivity index (χ2n) is 6.48. The topological polar surface area (TPSA) is 83.5 Å². The quantitative estimate of drug-likeness (QED) is 0.706. The first-order chi connectivity index (χ1) is 12.3. The predicted molar refractivity (Wildman–Crippen MR) is 100 cm³/mol. The summed E-state index contributed by atoms with van der Waals surface area (Å²) in [5, 5.41) is 11.7. The lowest BCUT2D eigenvalue weighted by Crippen LogP contribution is -2.14. The van der Waals surface area contributed by atoms with Crippen molar-refractivity contribution in [2.45, 2.75) is 33.1 Å². The molecule has 1 amide bonds. The van der Waals surface area contributed by atoms with Crippen LogP contribution in [0.1, 0.15) is 41.3 Å². The Kier molecular flexibility index (Phi) is 6.67. The number of ketones is 1. The van der Waals surface area contributed by atoms with Gasteiger partial charge in [0.25, 0.3) is 0 Å². The Bertz CT molecular complexity index is 779. The normalized spacial score (nSPS) is 11.6. The number of nitrogens with one attached hydrogen (secondary N) is 1. The summed E-state index contributed by atoms with van der Waals surface area (Å²) in [4.78, 5) is 35.0. The van der Waals surface area contributed by atoms with Crippen LogP contribution in [0.5, 0.6) is 0 Å². The van der Waals surface area contributed by atoms with E-state index < -0.39 is 11.9 Å². The summed E-state index contributed by atoms with van der Waals surface area (Å²) >= 11 is 0. The highest BCUT2D eigenvalue weighted by molar-refractivity contribution is 6.00. The molecular formula is C21H23NO4. The number of rotatable bonds is 8. The van der Waals surface area contributed by atoms with Crippen molar-refractivity contribution in [1.29, 1.82) is 0 Å². The molecule has 0 aliphatic rings. The molecule has 0 saturated heterocycles. The predicted octanol–water partition coefficient (Wildman–Crippen LogP) is 3.86. The van der Waals surface area contributed by atoms with E-state index in [0.29, 0.717) is 17.7 Å². The van der Waals surface area contributed by atoms with Crippen LogP contribution in [0.3, 0.4) is 0 Å². The highest BCUT2D eigenvalue weighted by Gasteiger charge is 2.12. The van der Waals surface area contributed by atoms with E-state index in [0.717, 1.165) is 11.1 Å². The van der Waals surface area contributed by atoms with Gasteiger partial charge in [-0.1, -0.05) is 48.9 Å². The molecule has 5 nitrogen and oxygen atoms in total. The molecule has 0 aliphatic carbocycles. The first-order valence-electron chi connectivity index (χ1n) is 8.56. The highest BCUT2D eigenvalue weighted by Crippen LogP contribution is 2.14. The number of carboxylic acids is 1. The summed E-state index contributed by atoms with van der Waals surface area (Å²) in [6, 6.07) is 14.4. The minimum Gasteiger partial charge on any atom is -0.481 e. The van der Waals surface area contributed by atoms with E-state index in [1.165, 1.54) is 0 Å². The maximum atomic E-state index is 12.1. The van der Waals surface area contributed by atoms with Gasteiger partial charge in [-0.15, -0.1) is 0 Å². The van der Waals surface area contributed by atoms with Gasteiger partial charge in [0, 0.05) is 24.1 Å². The third-order valence-electron chi connectivity index (χ3n) is 4.15. The molecule has 0 spiro atoms. The molecule has 0 fully saturated rings. The van der Waals surface area contributed by atoms with Crippen molar-refractivity contribution < 1.29 is 19.5 Å². The molecule has 2 aromatic rings. The van der Waals surface area contributed by atoms with Gasteiger partial charge in [-0.25, -0.2) is 0 Å². The van der Waals surface area contributed by atoms with E-state index in [9.17, 15) is 14.4 Å². The van der Waals surface area contributed by atoms with Crippen molar-refractivity contribution >= 4 is 23.3 Å². The zero-order valence-electron chi connectivity index (χ0n) is 15.0. The fourth-order valence-corrected chi connectivity index (χ4v) is 2.50. The van der Waals surface area contributed by atoms with Crippen LogP contribution < -0.4 is 5.32 Å². The molecule has 2 N–H and O–H groups in total. The summed E-state index contributed by atoms with van der Waals surface area (Å²) in [5.41, 5.74) is 3.22. The number of benzene rings is 2. The molecule has 1 atom stereocenters. The number of amides is 1. The zero-order chi connectivity index (χ0) is 19.1. The van der Waals surface area contributed by atoms with Crippen LogP contribution in [0.25, 0.3) is 0 Å². The van der Waals surface area contributed by atoms with Crippen molar-refractivity contribution in [3.05, 3.63) is 65.2 Å². The van der Waals surface area contributed by atoms with Crippen LogP contribution in [0.2, 0.25) is 0 Å². The Labute approximate surface area is 153 Å². The van der Waals surface area contributed by atoms with Crippen LogP contribution in [0.4, 0.5) is 5.69 Å². The van der Waals surface area contributed by atoms with E-state index in [4.69, 9.17) is 5.11 Å². The average molecular weight is 353 g/mol. The number of hydrogen-bond donors (Lipinski definition) is 2. The minimum atomic E-state index is -0.833. The van der Waals surface area contributed by atoms with Crippen molar-refractivity contribution in [1.82, 2.24) is 0 Å². The molecule has 26 heavy (non-hydrogen) atoms. The number of carboxylic acid groups (broad SMARTS) is 1. The largest absolute Gasteiger partial charge is 0.481 e. The average Bonchev–Trinajstić information content (AvgIpc) is 2.62. The number of aliphatic carboxylic acids is 1. The van der Waals surface area contributed by atoms with Gasteiger partial charge in [-0.3, -0.25) is 14.4 Å². The second kappa shape index (κ2) is 8.94. The fourth-order valence-electron chi connectivity index (χ4n) is 2.50. The summed E-state index contributed by atoms with van der Waals surface area (Å²) in [6.07, 6.45) is 0.711. The molecule has 0 aliphatic heterocycles. The Balaban J connectivity index is 1.83. The van der Waals surface area contributed by atoms with Crippen molar-refractivity contribution in [2.75, 3.05) is 5.32 Å². The molecule has 0 bridgehead atoms. The number of aryl methyl sites for hydroxylation is 1. The molecule has 0 radical (unpaired) electrons. The van der Waals surface area contributed by atoms with Gasteiger partial charge in [0.15, 0.2) is 5.78 Å². The first-order valence-corrected chi connectivity index (χ1v) is 8.56. The summed E-state index contributed by atoms with van der Waals surface area (Å²) in [5.74, 6) is -1.57. The molecule has 2 rings (SSSR count). The van der Waals surface area contributed by atoms with Crippen LogP contribution in [0.15, 0.2) is 48.5 Å². The van der Waals surface area contributed by atoms with E-state index in [1.54, 1.807) is 43.3 Å². The Morgan fingerprint density at radius 3 is 2.15 bits per heavy atom. The highest BCUT2D eigenvalue weighted by atomic mass is 16.4. The van der Waals surface area contributed by atoms with E-state index in [-0.39, 0.29) is 24.5 Å². The number of Topliss-reactive ketones (excluding diaryl/α,β-unsaturated/α-hetero) is 1. The van der Waals surface area contributed by atoms with E-state index >= 15 is 0 Å². The van der Waals surface area contributed by atoms with Gasteiger partial charge in [0.2, 0.25) is 5.91 Å². The van der Waals surface area contributed by atoms with Crippen LogP contribution >= 0.6 is 0 Å². The molecule has 0 heterocycles. The molecule has 5 heteroatoms. The monoisotopic (exact) mass is 353 g/mol. The lowest BCUT2D eigenvalue weighted by atomic mass is 10.0. The van der Waals surface area contributed by atoms with E-state index in [1.807, 2.05) is 19.1 Å². The van der Waals surface area contributed by atoms with Gasteiger partial charge in [-0.2, -0.15) is 0 Å². The Morgan fingerprint density at radius 2 is 1.58 bits per heavy atom. The second-order valence-corrected chi connectivity index (χ2v) is 6.48. The number of anilines is 1. The fraction of sp³-hybridized carbons (Fsp3) is 0.286. The van der Waals surface area contributed by atoms with Gasteiger partial charge < -0.3 is 10.4 Å². The van der Waals surface area contributed by atoms with Crippen LogP contribution in [-0.4, -0.2) is 22.8 Å². The number of carbonyl (C=O) groups is 3. The Morgan fingerprint density at radius 1 is 0.962 bits per heavy atom. The molecule has 0 saturated carbocycles. The molecule has 2 aromatic carbocycles. The van der Waals surface area contributed by atoms with Gasteiger partial charge in [-0.05, 0) is 31.0 Å². The minimum absolute atomic E-state index is 0.0573. The smallest absolute Gasteiger partial charge is 0.306 e. The molecule has 136 valence electrons. The maximum absolute atomic E-state index is 12.1. The summed E-state index contributed by atoms with van der Waals surface area (Å²) in [6.45, 7) is 3.61.